The van der Waals surface area contributed by atoms with Gasteiger partial charge in [-0.05, 0) is 69.1 Å². The van der Waals surface area contributed by atoms with Gasteiger partial charge in [-0.3, -0.25) is 4.79 Å². The van der Waals surface area contributed by atoms with Gasteiger partial charge in [0.1, 0.15) is 0 Å². The predicted molar refractivity (Wildman–Crippen MR) is 91.4 cm³/mol. The molecule has 0 aliphatic rings. The van der Waals surface area contributed by atoms with E-state index in [9.17, 15) is 4.79 Å². The van der Waals surface area contributed by atoms with Crippen LogP contribution in [0.5, 0.6) is 0 Å². The van der Waals surface area contributed by atoms with Crippen molar-refractivity contribution in [1.29, 1.82) is 0 Å². The van der Waals surface area contributed by atoms with E-state index in [1.807, 2.05) is 18.2 Å². The molecule has 0 radical (unpaired) electrons. The third-order valence-corrected chi connectivity index (χ3v) is 4.64. The molecule has 0 bridgehead atoms. The number of benzene rings is 1. The third-order valence-electron chi connectivity index (χ3n) is 2.82. The van der Waals surface area contributed by atoms with Gasteiger partial charge in [-0.25, -0.2) is 0 Å². The van der Waals surface area contributed by atoms with Gasteiger partial charge in [-0.15, -0.1) is 0 Å². The summed E-state index contributed by atoms with van der Waals surface area (Å²) in [5.41, 5.74) is 0.704. The third kappa shape index (κ3) is 5.17. The smallest absolute Gasteiger partial charge is 0.252 e. The molecular formula is C13H16Br2INO. The standard InChI is InChI=1S/C13H16Br2INO/c1-2-9(5-6-14)8-17-13(18)11-7-10(16)3-4-12(11)15/h3-4,7,9H,2,5-6,8H2,1H3,(H,17,18). The van der Waals surface area contributed by atoms with E-state index in [4.69, 9.17) is 0 Å². The van der Waals surface area contributed by atoms with Crippen LogP contribution in [0.2, 0.25) is 0 Å². The van der Waals surface area contributed by atoms with Gasteiger partial charge >= 0.3 is 0 Å². The summed E-state index contributed by atoms with van der Waals surface area (Å²) in [7, 11) is 0. The first-order valence-corrected chi connectivity index (χ1v) is 8.87. The lowest BCUT2D eigenvalue weighted by Gasteiger charge is -2.14. The van der Waals surface area contributed by atoms with Crippen molar-refractivity contribution in [2.45, 2.75) is 19.8 Å². The molecule has 1 amide bonds. The van der Waals surface area contributed by atoms with E-state index in [0.717, 1.165) is 32.8 Å². The van der Waals surface area contributed by atoms with Crippen molar-refractivity contribution < 1.29 is 4.79 Å². The Bertz CT molecular complexity index is 412. The fraction of sp³-hybridized carbons (Fsp3) is 0.462. The average Bonchev–Trinajstić information content (AvgIpc) is 2.37. The Balaban J connectivity index is 2.62. The maximum atomic E-state index is 12.1. The topological polar surface area (TPSA) is 29.1 Å². The highest BCUT2D eigenvalue weighted by molar-refractivity contribution is 14.1. The quantitative estimate of drug-likeness (QED) is 0.460. The van der Waals surface area contributed by atoms with E-state index in [-0.39, 0.29) is 5.91 Å². The van der Waals surface area contributed by atoms with Crippen LogP contribution in [-0.4, -0.2) is 17.8 Å². The predicted octanol–water partition coefficient (Wildman–Crippen LogP) is 4.59. The summed E-state index contributed by atoms with van der Waals surface area (Å²) in [5.74, 6) is 0.531. The maximum Gasteiger partial charge on any atom is 0.252 e. The first kappa shape index (κ1) is 16.4. The van der Waals surface area contributed by atoms with E-state index in [2.05, 4.69) is 66.7 Å². The van der Waals surface area contributed by atoms with Crippen molar-refractivity contribution in [3.63, 3.8) is 0 Å². The zero-order valence-electron chi connectivity index (χ0n) is 10.2. The molecule has 1 atom stereocenters. The van der Waals surface area contributed by atoms with E-state index >= 15 is 0 Å². The molecule has 0 aliphatic carbocycles. The minimum Gasteiger partial charge on any atom is -0.352 e. The molecule has 0 fully saturated rings. The second-order valence-electron chi connectivity index (χ2n) is 4.09. The first-order chi connectivity index (χ1) is 8.58. The molecule has 1 aromatic carbocycles. The fourth-order valence-electron chi connectivity index (χ4n) is 1.61. The van der Waals surface area contributed by atoms with Gasteiger partial charge in [0, 0.05) is 19.9 Å². The zero-order chi connectivity index (χ0) is 13.5. The lowest BCUT2D eigenvalue weighted by atomic mass is 10.0. The Morgan fingerprint density at radius 2 is 2.22 bits per heavy atom. The summed E-state index contributed by atoms with van der Waals surface area (Å²) >= 11 is 9.07. The van der Waals surface area contributed by atoms with Gasteiger partial charge in [0.05, 0.1) is 5.56 Å². The Labute approximate surface area is 139 Å². The van der Waals surface area contributed by atoms with Crippen LogP contribution in [0.4, 0.5) is 0 Å². The summed E-state index contributed by atoms with van der Waals surface area (Å²) in [6.07, 6.45) is 2.17. The summed E-state index contributed by atoms with van der Waals surface area (Å²) in [6.45, 7) is 2.89. The highest BCUT2D eigenvalue weighted by atomic mass is 127. The number of hydrogen-bond acceptors (Lipinski definition) is 1. The van der Waals surface area contributed by atoms with Crippen molar-refractivity contribution in [3.8, 4) is 0 Å². The van der Waals surface area contributed by atoms with Crippen LogP contribution in [0.3, 0.4) is 0 Å². The van der Waals surface area contributed by atoms with Crippen LogP contribution in [0.1, 0.15) is 30.1 Å². The summed E-state index contributed by atoms with van der Waals surface area (Å²) in [6, 6.07) is 5.78. The first-order valence-electron chi connectivity index (χ1n) is 5.87. The number of carbonyl (C=O) groups is 1. The molecular weight excluding hydrogens is 473 g/mol. The lowest BCUT2D eigenvalue weighted by molar-refractivity contribution is 0.0945. The Kier molecular flexibility index (Phi) is 7.79. The van der Waals surface area contributed by atoms with Gasteiger partial charge in [-0.2, -0.15) is 0 Å². The summed E-state index contributed by atoms with van der Waals surface area (Å²) in [5, 5.41) is 3.99. The minimum atomic E-state index is -0.00610. The largest absolute Gasteiger partial charge is 0.352 e. The molecule has 0 aromatic heterocycles. The number of alkyl halides is 1. The Hall–Kier alpha value is 0.380. The van der Waals surface area contributed by atoms with E-state index < -0.39 is 0 Å². The van der Waals surface area contributed by atoms with Crippen LogP contribution in [-0.2, 0) is 0 Å². The molecule has 1 N–H and O–H groups in total. The molecule has 1 aromatic rings. The second-order valence-corrected chi connectivity index (χ2v) is 6.98. The van der Waals surface area contributed by atoms with E-state index in [1.54, 1.807) is 0 Å². The maximum absolute atomic E-state index is 12.1. The van der Waals surface area contributed by atoms with Crippen molar-refractivity contribution in [3.05, 3.63) is 31.8 Å². The zero-order valence-corrected chi connectivity index (χ0v) is 15.5. The average molecular weight is 489 g/mol. The van der Waals surface area contributed by atoms with Crippen molar-refractivity contribution in [2.75, 3.05) is 11.9 Å². The van der Waals surface area contributed by atoms with Gasteiger partial charge in [0.2, 0.25) is 0 Å². The van der Waals surface area contributed by atoms with Crippen LogP contribution in [0, 0.1) is 9.49 Å². The molecule has 18 heavy (non-hydrogen) atoms. The van der Waals surface area contributed by atoms with Crippen LogP contribution in [0.15, 0.2) is 22.7 Å². The SMILES string of the molecule is CCC(CCBr)CNC(=O)c1cc(I)ccc1Br. The van der Waals surface area contributed by atoms with Gasteiger partial charge < -0.3 is 5.32 Å². The molecule has 5 heteroatoms. The number of hydrogen-bond donors (Lipinski definition) is 1. The molecule has 0 aliphatic heterocycles. The number of carbonyl (C=O) groups excluding carboxylic acids is 1. The highest BCUT2D eigenvalue weighted by Crippen LogP contribution is 2.19. The summed E-state index contributed by atoms with van der Waals surface area (Å²) in [4.78, 5) is 12.1. The number of amides is 1. The number of rotatable bonds is 6. The molecule has 0 saturated heterocycles. The fourth-order valence-corrected chi connectivity index (χ4v) is 3.17. The van der Waals surface area contributed by atoms with Crippen molar-refractivity contribution >= 4 is 60.4 Å². The van der Waals surface area contributed by atoms with E-state index in [1.165, 1.54) is 0 Å². The molecule has 1 unspecified atom stereocenters. The van der Waals surface area contributed by atoms with Crippen LogP contribution < -0.4 is 5.32 Å². The molecule has 0 saturated carbocycles. The van der Waals surface area contributed by atoms with E-state index in [0.29, 0.717) is 11.5 Å². The normalized spacial score (nSPS) is 12.2. The highest BCUT2D eigenvalue weighted by Gasteiger charge is 2.12. The molecule has 0 spiro atoms. The number of nitrogens with one attached hydrogen (secondary N) is 1. The van der Waals surface area contributed by atoms with Crippen molar-refractivity contribution in [1.82, 2.24) is 5.32 Å². The molecule has 100 valence electrons. The lowest BCUT2D eigenvalue weighted by Crippen LogP contribution is -2.29. The van der Waals surface area contributed by atoms with Gasteiger partial charge in [0.25, 0.3) is 5.91 Å². The molecule has 0 heterocycles. The Morgan fingerprint density at radius 1 is 1.50 bits per heavy atom. The summed E-state index contributed by atoms with van der Waals surface area (Å²) < 4.78 is 1.91. The van der Waals surface area contributed by atoms with Gasteiger partial charge in [-0.1, -0.05) is 29.3 Å². The van der Waals surface area contributed by atoms with Gasteiger partial charge in [0.15, 0.2) is 0 Å². The second kappa shape index (κ2) is 8.53. The molecule has 1 rings (SSSR count). The Morgan fingerprint density at radius 3 is 2.83 bits per heavy atom. The van der Waals surface area contributed by atoms with Crippen molar-refractivity contribution in [2.24, 2.45) is 5.92 Å². The molecule has 2 nitrogen and oxygen atoms in total. The minimum absolute atomic E-state index is 0.00610. The van der Waals surface area contributed by atoms with Crippen LogP contribution in [0.25, 0.3) is 0 Å². The number of halogens is 3. The monoisotopic (exact) mass is 487 g/mol. The van der Waals surface area contributed by atoms with Crippen LogP contribution >= 0.6 is 54.5 Å².